The Kier molecular flexibility index (Phi) is 4.77. The third-order valence-corrected chi connectivity index (χ3v) is 5.80. The van der Waals surface area contributed by atoms with Crippen LogP contribution >= 0.6 is 0 Å². The molecule has 5 heteroatoms. The minimum atomic E-state index is 0.0356. The van der Waals surface area contributed by atoms with Crippen molar-refractivity contribution in [3.8, 4) is 0 Å². The summed E-state index contributed by atoms with van der Waals surface area (Å²) in [5, 5.41) is 1.04. The summed E-state index contributed by atoms with van der Waals surface area (Å²) in [6, 6.07) is 6.34. The van der Waals surface area contributed by atoms with Crippen LogP contribution in [0.25, 0.3) is 11.0 Å². The van der Waals surface area contributed by atoms with Gasteiger partial charge in [0.25, 0.3) is 5.91 Å². The first-order valence-electron chi connectivity index (χ1n) is 9.83. The van der Waals surface area contributed by atoms with Gasteiger partial charge in [0.15, 0.2) is 5.76 Å². The Labute approximate surface area is 160 Å². The largest absolute Gasteiger partial charge is 0.451 e. The van der Waals surface area contributed by atoms with Crippen LogP contribution in [0.15, 0.2) is 35.0 Å². The Morgan fingerprint density at radius 2 is 2.11 bits per heavy atom. The smallest absolute Gasteiger partial charge is 0.290 e. The highest BCUT2D eigenvalue weighted by Crippen LogP contribution is 2.30. The van der Waals surface area contributed by atoms with Crippen LogP contribution in [0.1, 0.15) is 53.2 Å². The molecular weight excluding hydrogens is 338 g/mol. The predicted octanol–water partition coefficient (Wildman–Crippen LogP) is 4.64. The number of nitrogens with zero attached hydrogens (tertiary/aromatic N) is 3. The van der Waals surface area contributed by atoms with E-state index in [2.05, 4.69) is 22.5 Å². The fourth-order valence-corrected chi connectivity index (χ4v) is 4.17. The normalized spacial score (nSPS) is 17.6. The summed E-state index contributed by atoms with van der Waals surface area (Å²) in [7, 11) is 0. The number of likely N-dealkylation sites (tertiary alicyclic amines) is 1. The summed E-state index contributed by atoms with van der Waals surface area (Å²) in [5.41, 5.74) is 2.93. The van der Waals surface area contributed by atoms with Gasteiger partial charge in [-0.2, -0.15) is 0 Å². The number of aryl methyl sites for hydroxylation is 4. The molecule has 0 spiro atoms. The lowest BCUT2D eigenvalue weighted by Gasteiger charge is -2.35. The van der Waals surface area contributed by atoms with E-state index in [1.807, 2.05) is 43.3 Å². The van der Waals surface area contributed by atoms with Crippen LogP contribution in [0, 0.1) is 20.8 Å². The van der Waals surface area contributed by atoms with Crippen molar-refractivity contribution in [1.29, 1.82) is 0 Å². The van der Waals surface area contributed by atoms with Crippen LogP contribution in [-0.4, -0.2) is 32.9 Å². The van der Waals surface area contributed by atoms with Crippen LogP contribution in [0.3, 0.4) is 0 Å². The molecule has 1 unspecified atom stereocenters. The van der Waals surface area contributed by atoms with Gasteiger partial charge in [-0.1, -0.05) is 11.6 Å². The molecule has 1 aliphatic rings. The lowest BCUT2D eigenvalue weighted by atomic mass is 9.98. The highest BCUT2D eigenvalue weighted by atomic mass is 16.3. The number of amides is 1. The van der Waals surface area contributed by atoms with Crippen molar-refractivity contribution in [3.05, 3.63) is 53.3 Å². The van der Waals surface area contributed by atoms with Crippen LogP contribution in [-0.2, 0) is 6.54 Å². The summed E-state index contributed by atoms with van der Waals surface area (Å²) in [6.07, 6.45) is 8.08. The summed E-state index contributed by atoms with van der Waals surface area (Å²) < 4.78 is 8.14. The van der Waals surface area contributed by atoms with Gasteiger partial charge in [-0.3, -0.25) is 4.79 Å². The second-order valence-corrected chi connectivity index (χ2v) is 7.66. The van der Waals surface area contributed by atoms with Gasteiger partial charge in [0.05, 0.1) is 0 Å². The maximum atomic E-state index is 13.3. The fraction of sp³-hybridized carbons (Fsp3) is 0.455. The average Bonchev–Trinajstić information content (AvgIpc) is 3.23. The molecule has 1 aromatic carbocycles. The van der Waals surface area contributed by atoms with E-state index in [0.717, 1.165) is 54.7 Å². The molecule has 1 fully saturated rings. The second kappa shape index (κ2) is 7.22. The first-order chi connectivity index (χ1) is 13.0. The van der Waals surface area contributed by atoms with Gasteiger partial charge in [-0.25, -0.2) is 4.98 Å². The molecule has 2 aromatic heterocycles. The Morgan fingerprint density at radius 1 is 1.26 bits per heavy atom. The predicted molar refractivity (Wildman–Crippen MR) is 106 cm³/mol. The minimum Gasteiger partial charge on any atom is -0.451 e. The number of carbonyl (C=O) groups excluding carboxylic acids is 1. The third-order valence-electron chi connectivity index (χ3n) is 5.80. The number of fused-ring (bicyclic) bond motifs is 1. The van der Waals surface area contributed by atoms with Crippen molar-refractivity contribution >= 4 is 16.9 Å². The molecule has 142 valence electrons. The molecule has 1 saturated heterocycles. The second-order valence-electron chi connectivity index (χ2n) is 7.66. The zero-order valence-electron chi connectivity index (χ0n) is 16.4. The van der Waals surface area contributed by atoms with Crippen molar-refractivity contribution < 1.29 is 9.21 Å². The van der Waals surface area contributed by atoms with Gasteiger partial charge in [0.2, 0.25) is 0 Å². The number of piperidine rings is 1. The highest BCUT2D eigenvalue weighted by molar-refractivity contribution is 5.99. The van der Waals surface area contributed by atoms with E-state index in [-0.39, 0.29) is 11.9 Å². The Bertz CT molecular complexity index is 969. The number of hydrogen-bond donors (Lipinski definition) is 0. The zero-order valence-corrected chi connectivity index (χ0v) is 16.4. The molecule has 4 rings (SSSR count). The van der Waals surface area contributed by atoms with Gasteiger partial charge in [-0.15, -0.1) is 0 Å². The number of benzene rings is 1. The third kappa shape index (κ3) is 3.38. The van der Waals surface area contributed by atoms with Crippen molar-refractivity contribution in [1.82, 2.24) is 14.5 Å². The lowest BCUT2D eigenvalue weighted by molar-refractivity contribution is 0.0564. The highest BCUT2D eigenvalue weighted by Gasteiger charge is 2.30. The van der Waals surface area contributed by atoms with Gasteiger partial charge in [0, 0.05) is 42.5 Å². The Hall–Kier alpha value is -2.56. The standard InChI is InChI=1S/C22H27N3O2/c1-15-7-8-20-19(14-15)16(2)21(27-20)22(26)25-11-5-4-6-18(25)9-12-24-13-10-23-17(24)3/h7-8,10,13-14,18H,4-6,9,11-12H2,1-3H3. The molecule has 0 aliphatic carbocycles. The molecule has 1 aliphatic heterocycles. The lowest BCUT2D eigenvalue weighted by Crippen LogP contribution is -2.44. The SMILES string of the molecule is Cc1ccc2oc(C(=O)N3CCCCC3CCn3ccnc3C)c(C)c2c1. The first-order valence-corrected chi connectivity index (χ1v) is 9.83. The summed E-state index contributed by atoms with van der Waals surface area (Å²) >= 11 is 0. The maximum Gasteiger partial charge on any atom is 0.290 e. The fourth-order valence-electron chi connectivity index (χ4n) is 4.17. The van der Waals surface area contributed by atoms with Crippen molar-refractivity contribution in [2.75, 3.05) is 6.54 Å². The summed E-state index contributed by atoms with van der Waals surface area (Å²) in [4.78, 5) is 19.7. The van der Waals surface area contributed by atoms with E-state index < -0.39 is 0 Å². The van der Waals surface area contributed by atoms with E-state index in [0.29, 0.717) is 5.76 Å². The van der Waals surface area contributed by atoms with Gasteiger partial charge in [-0.05, 0) is 58.6 Å². The van der Waals surface area contributed by atoms with E-state index >= 15 is 0 Å². The zero-order chi connectivity index (χ0) is 19.0. The summed E-state index contributed by atoms with van der Waals surface area (Å²) in [5.74, 6) is 1.56. The maximum absolute atomic E-state index is 13.3. The van der Waals surface area contributed by atoms with Crippen LogP contribution in [0.5, 0.6) is 0 Å². The van der Waals surface area contributed by atoms with Crippen molar-refractivity contribution in [2.24, 2.45) is 0 Å². The molecule has 1 amide bonds. The molecule has 27 heavy (non-hydrogen) atoms. The number of carbonyl (C=O) groups is 1. The molecule has 3 aromatic rings. The van der Waals surface area contributed by atoms with Crippen molar-refractivity contribution in [2.45, 2.75) is 59.0 Å². The topological polar surface area (TPSA) is 51.3 Å². The van der Waals surface area contributed by atoms with E-state index in [1.165, 1.54) is 12.0 Å². The quantitative estimate of drug-likeness (QED) is 0.677. The molecule has 0 saturated carbocycles. The number of aromatic nitrogens is 2. The number of rotatable bonds is 4. The van der Waals surface area contributed by atoms with Crippen LogP contribution < -0.4 is 0 Å². The molecular formula is C22H27N3O2. The van der Waals surface area contributed by atoms with E-state index in [9.17, 15) is 4.79 Å². The van der Waals surface area contributed by atoms with Crippen molar-refractivity contribution in [3.63, 3.8) is 0 Å². The summed E-state index contributed by atoms with van der Waals surface area (Å²) in [6.45, 7) is 7.77. The van der Waals surface area contributed by atoms with Gasteiger partial charge in [0.1, 0.15) is 11.4 Å². The Morgan fingerprint density at radius 3 is 2.89 bits per heavy atom. The first kappa shape index (κ1) is 17.8. The van der Waals surface area contributed by atoms with Crippen LogP contribution in [0.2, 0.25) is 0 Å². The molecule has 0 radical (unpaired) electrons. The monoisotopic (exact) mass is 365 g/mol. The van der Waals surface area contributed by atoms with Crippen LogP contribution in [0.4, 0.5) is 0 Å². The minimum absolute atomic E-state index is 0.0356. The molecule has 3 heterocycles. The van der Waals surface area contributed by atoms with E-state index in [4.69, 9.17) is 4.42 Å². The molecule has 1 atom stereocenters. The van der Waals surface area contributed by atoms with Gasteiger partial charge >= 0.3 is 0 Å². The molecule has 0 bridgehead atoms. The molecule has 0 N–H and O–H groups in total. The number of imidazole rings is 1. The molecule has 5 nitrogen and oxygen atoms in total. The van der Waals surface area contributed by atoms with E-state index in [1.54, 1.807) is 0 Å². The number of hydrogen-bond acceptors (Lipinski definition) is 3. The van der Waals surface area contributed by atoms with Gasteiger partial charge < -0.3 is 13.9 Å². The Balaban J connectivity index is 1.57. The average molecular weight is 365 g/mol. The number of furan rings is 1.